The zero-order valence-corrected chi connectivity index (χ0v) is 9.27. The SMILES string of the molecule is O=[N+]([O-])C1C=CCC(Cl)C1N1CCCC1. The van der Waals surface area contributed by atoms with E-state index in [1.54, 1.807) is 6.08 Å². The Balaban J connectivity index is 2.16. The van der Waals surface area contributed by atoms with Gasteiger partial charge in [-0.3, -0.25) is 15.0 Å². The van der Waals surface area contributed by atoms with Crippen molar-refractivity contribution < 1.29 is 4.92 Å². The quantitative estimate of drug-likeness (QED) is 0.314. The molecule has 0 bridgehead atoms. The second kappa shape index (κ2) is 4.49. The van der Waals surface area contributed by atoms with Crippen molar-refractivity contribution in [2.45, 2.75) is 36.7 Å². The van der Waals surface area contributed by atoms with Gasteiger partial charge < -0.3 is 0 Å². The lowest BCUT2D eigenvalue weighted by Crippen LogP contribution is -2.51. The van der Waals surface area contributed by atoms with E-state index >= 15 is 0 Å². The maximum absolute atomic E-state index is 10.9. The van der Waals surface area contributed by atoms with Crippen molar-refractivity contribution in [1.29, 1.82) is 0 Å². The smallest absolute Gasteiger partial charge is 0.247 e. The van der Waals surface area contributed by atoms with Crippen molar-refractivity contribution in [3.05, 3.63) is 22.3 Å². The van der Waals surface area contributed by atoms with E-state index in [0.29, 0.717) is 0 Å². The summed E-state index contributed by atoms with van der Waals surface area (Å²) in [5.74, 6) is 0. The molecule has 0 aromatic rings. The third-order valence-corrected chi connectivity index (χ3v) is 3.66. The monoisotopic (exact) mass is 230 g/mol. The van der Waals surface area contributed by atoms with Gasteiger partial charge in [0, 0.05) is 4.92 Å². The van der Waals surface area contributed by atoms with Crippen LogP contribution < -0.4 is 0 Å². The molecule has 4 nitrogen and oxygen atoms in total. The molecule has 5 heteroatoms. The van der Waals surface area contributed by atoms with E-state index in [1.807, 2.05) is 6.08 Å². The van der Waals surface area contributed by atoms with Crippen molar-refractivity contribution in [1.82, 2.24) is 4.90 Å². The number of nitro groups is 1. The van der Waals surface area contributed by atoms with Crippen LogP contribution in [-0.2, 0) is 0 Å². The lowest BCUT2D eigenvalue weighted by molar-refractivity contribution is -0.517. The Bertz CT molecular complexity index is 277. The molecule has 0 aromatic heterocycles. The van der Waals surface area contributed by atoms with E-state index < -0.39 is 6.04 Å². The lowest BCUT2D eigenvalue weighted by Gasteiger charge is -2.33. The summed E-state index contributed by atoms with van der Waals surface area (Å²) in [6, 6.07) is -0.742. The standard InChI is InChI=1S/C10H15ClN2O2/c11-8-4-3-5-9(13(14)15)10(8)12-6-1-2-7-12/h3,5,8-10H,1-2,4,6-7H2. The van der Waals surface area contributed by atoms with Crippen molar-refractivity contribution in [2.24, 2.45) is 0 Å². The van der Waals surface area contributed by atoms with Crippen molar-refractivity contribution in [3.8, 4) is 0 Å². The molecule has 84 valence electrons. The molecule has 0 aromatic carbocycles. The van der Waals surface area contributed by atoms with E-state index in [9.17, 15) is 10.1 Å². The molecule has 2 aliphatic rings. The van der Waals surface area contributed by atoms with Gasteiger partial charge in [-0.25, -0.2) is 0 Å². The van der Waals surface area contributed by atoms with E-state index in [2.05, 4.69) is 4.90 Å². The lowest BCUT2D eigenvalue weighted by atomic mass is 9.95. The summed E-state index contributed by atoms with van der Waals surface area (Å²) < 4.78 is 0. The highest BCUT2D eigenvalue weighted by Gasteiger charge is 2.41. The van der Waals surface area contributed by atoms with Crippen LogP contribution in [0.15, 0.2) is 12.2 Å². The van der Waals surface area contributed by atoms with E-state index in [1.165, 1.54) is 0 Å². The van der Waals surface area contributed by atoms with Crippen molar-refractivity contribution >= 4 is 11.6 Å². The molecule has 0 amide bonds. The number of likely N-dealkylation sites (tertiary alicyclic amines) is 1. The molecular weight excluding hydrogens is 216 g/mol. The Morgan fingerprint density at radius 2 is 2.07 bits per heavy atom. The molecule has 1 heterocycles. The minimum atomic E-state index is -0.626. The summed E-state index contributed by atoms with van der Waals surface area (Å²) in [6.07, 6.45) is 6.54. The highest BCUT2D eigenvalue weighted by Crippen LogP contribution is 2.27. The first-order chi connectivity index (χ1) is 7.20. The Morgan fingerprint density at radius 1 is 1.40 bits per heavy atom. The highest BCUT2D eigenvalue weighted by molar-refractivity contribution is 6.21. The molecule has 1 aliphatic carbocycles. The van der Waals surface area contributed by atoms with Crippen molar-refractivity contribution in [2.75, 3.05) is 13.1 Å². The van der Waals surface area contributed by atoms with Gasteiger partial charge in [-0.2, -0.15) is 0 Å². The maximum atomic E-state index is 10.9. The predicted octanol–water partition coefficient (Wildman–Crippen LogP) is 1.66. The number of halogens is 1. The first-order valence-electron chi connectivity index (χ1n) is 5.38. The van der Waals surface area contributed by atoms with Crippen LogP contribution >= 0.6 is 11.6 Å². The zero-order chi connectivity index (χ0) is 10.8. The topological polar surface area (TPSA) is 46.4 Å². The fraction of sp³-hybridized carbons (Fsp3) is 0.800. The van der Waals surface area contributed by atoms with Gasteiger partial charge in [0.2, 0.25) is 6.04 Å². The van der Waals surface area contributed by atoms with Crippen LogP contribution in [0.25, 0.3) is 0 Å². The second-order valence-electron chi connectivity index (χ2n) is 4.19. The number of rotatable bonds is 2. The average molecular weight is 231 g/mol. The largest absolute Gasteiger partial charge is 0.293 e. The predicted molar refractivity (Wildman–Crippen MR) is 58.8 cm³/mol. The zero-order valence-electron chi connectivity index (χ0n) is 8.51. The minimum absolute atomic E-state index is 0.117. The second-order valence-corrected chi connectivity index (χ2v) is 4.75. The fourth-order valence-electron chi connectivity index (χ4n) is 2.49. The molecule has 2 rings (SSSR count). The van der Waals surface area contributed by atoms with Crippen molar-refractivity contribution in [3.63, 3.8) is 0 Å². The summed E-state index contributed by atoms with van der Waals surface area (Å²) in [5.41, 5.74) is 0. The number of hydrogen-bond donors (Lipinski definition) is 0. The molecule has 3 atom stereocenters. The van der Waals surface area contributed by atoms with Gasteiger partial charge >= 0.3 is 0 Å². The van der Waals surface area contributed by atoms with Gasteiger partial charge in [-0.05, 0) is 38.4 Å². The van der Waals surface area contributed by atoms with Crippen LogP contribution in [0.3, 0.4) is 0 Å². The van der Waals surface area contributed by atoms with E-state index in [-0.39, 0.29) is 16.3 Å². The van der Waals surface area contributed by atoms with Gasteiger partial charge in [0.05, 0.1) is 11.4 Å². The van der Waals surface area contributed by atoms with Crippen LogP contribution in [0.2, 0.25) is 0 Å². The molecule has 1 saturated heterocycles. The van der Waals surface area contributed by atoms with Gasteiger partial charge in [0.25, 0.3) is 0 Å². The van der Waals surface area contributed by atoms with Crippen LogP contribution in [-0.4, -0.2) is 40.4 Å². The van der Waals surface area contributed by atoms with Gasteiger partial charge in [0.1, 0.15) is 0 Å². The Hall–Kier alpha value is -0.610. The van der Waals surface area contributed by atoms with Gasteiger partial charge in [-0.15, -0.1) is 11.6 Å². The minimum Gasteiger partial charge on any atom is -0.293 e. The Morgan fingerprint density at radius 3 is 2.67 bits per heavy atom. The third kappa shape index (κ3) is 2.16. The maximum Gasteiger partial charge on any atom is 0.247 e. The number of allylic oxidation sites excluding steroid dienone is 1. The molecule has 3 unspecified atom stereocenters. The van der Waals surface area contributed by atoms with Crippen LogP contribution in [0.4, 0.5) is 0 Å². The first kappa shape index (κ1) is 10.9. The molecule has 0 N–H and O–H groups in total. The normalized spacial score (nSPS) is 37.0. The molecular formula is C10H15ClN2O2. The van der Waals surface area contributed by atoms with Crippen LogP contribution in [0, 0.1) is 10.1 Å². The number of hydrogen-bond acceptors (Lipinski definition) is 3. The molecule has 0 radical (unpaired) electrons. The highest BCUT2D eigenvalue weighted by atomic mass is 35.5. The van der Waals surface area contributed by atoms with E-state index in [0.717, 1.165) is 32.4 Å². The summed E-state index contributed by atoms with van der Waals surface area (Å²) in [5, 5.41) is 10.8. The Labute approximate surface area is 94.0 Å². The number of alkyl halides is 1. The van der Waals surface area contributed by atoms with Crippen LogP contribution in [0.1, 0.15) is 19.3 Å². The molecule has 1 aliphatic heterocycles. The molecule has 0 saturated carbocycles. The third-order valence-electron chi connectivity index (χ3n) is 3.22. The van der Waals surface area contributed by atoms with Gasteiger partial charge in [-0.1, -0.05) is 6.08 Å². The summed E-state index contributed by atoms with van der Waals surface area (Å²) in [7, 11) is 0. The Kier molecular flexibility index (Phi) is 3.26. The first-order valence-corrected chi connectivity index (χ1v) is 5.82. The fourth-order valence-corrected chi connectivity index (χ4v) is 2.91. The molecule has 0 spiro atoms. The van der Waals surface area contributed by atoms with Gasteiger partial charge in [0.15, 0.2) is 0 Å². The summed E-state index contributed by atoms with van der Waals surface area (Å²) in [4.78, 5) is 12.9. The molecule has 1 fully saturated rings. The molecule has 15 heavy (non-hydrogen) atoms. The average Bonchev–Trinajstić information content (AvgIpc) is 2.70. The number of nitrogens with zero attached hydrogens (tertiary/aromatic N) is 2. The van der Waals surface area contributed by atoms with E-state index in [4.69, 9.17) is 11.6 Å². The summed E-state index contributed by atoms with van der Waals surface area (Å²) >= 11 is 6.20. The van der Waals surface area contributed by atoms with Crippen LogP contribution in [0.5, 0.6) is 0 Å². The summed E-state index contributed by atoms with van der Waals surface area (Å²) in [6.45, 7) is 1.90.